The molecule has 1 saturated heterocycles. The highest BCUT2D eigenvalue weighted by molar-refractivity contribution is 5.68. The highest BCUT2D eigenvalue weighted by atomic mass is 16.6. The number of hydrogen-bond acceptors (Lipinski definition) is 3. The smallest absolute Gasteiger partial charge is 0.410 e. The van der Waals surface area contributed by atoms with Crippen molar-refractivity contribution in [1.29, 1.82) is 0 Å². The molecule has 1 aliphatic heterocycles. The van der Waals surface area contributed by atoms with Crippen LogP contribution in [0.15, 0.2) is 12.7 Å². The molecule has 1 unspecified atom stereocenters. The lowest BCUT2D eigenvalue weighted by Crippen LogP contribution is -2.38. The van der Waals surface area contributed by atoms with E-state index in [4.69, 9.17) is 4.74 Å². The molecule has 0 spiro atoms. The van der Waals surface area contributed by atoms with Gasteiger partial charge >= 0.3 is 6.09 Å². The summed E-state index contributed by atoms with van der Waals surface area (Å²) in [6.07, 6.45) is 2.60. The molecule has 1 N–H and O–H groups in total. The van der Waals surface area contributed by atoms with E-state index in [-0.39, 0.29) is 6.09 Å². The molecular formula is C12H22N2O2. The minimum atomic E-state index is -0.413. The van der Waals surface area contributed by atoms with Crippen LogP contribution in [0.4, 0.5) is 4.79 Å². The molecule has 0 bridgehead atoms. The van der Waals surface area contributed by atoms with Crippen LogP contribution in [0, 0.1) is 0 Å². The number of amides is 1. The van der Waals surface area contributed by atoms with E-state index in [1.165, 1.54) is 0 Å². The Labute approximate surface area is 97.6 Å². The standard InChI is InChI=1S/C12H22N2O2/c1-5-7-13-10-6-8-14(9-10)11(15)16-12(2,3)4/h5,10,13H,1,6-9H2,2-4H3. The van der Waals surface area contributed by atoms with Gasteiger partial charge in [0.15, 0.2) is 0 Å². The first kappa shape index (κ1) is 13.0. The number of hydrogen-bond donors (Lipinski definition) is 1. The molecule has 1 heterocycles. The molecular weight excluding hydrogens is 204 g/mol. The summed E-state index contributed by atoms with van der Waals surface area (Å²) in [5.74, 6) is 0. The third-order valence-electron chi connectivity index (χ3n) is 2.39. The van der Waals surface area contributed by atoms with Crippen LogP contribution in [0.2, 0.25) is 0 Å². The zero-order valence-corrected chi connectivity index (χ0v) is 10.5. The molecule has 92 valence electrons. The van der Waals surface area contributed by atoms with E-state index in [0.29, 0.717) is 6.04 Å². The quantitative estimate of drug-likeness (QED) is 0.746. The summed E-state index contributed by atoms with van der Waals surface area (Å²) in [5.41, 5.74) is -0.413. The zero-order chi connectivity index (χ0) is 12.2. The fourth-order valence-electron chi connectivity index (χ4n) is 1.67. The number of carbonyl (C=O) groups is 1. The second kappa shape index (κ2) is 5.34. The minimum absolute atomic E-state index is 0.213. The number of likely N-dealkylation sites (tertiary alicyclic amines) is 1. The first-order chi connectivity index (χ1) is 7.42. The van der Waals surface area contributed by atoms with E-state index in [0.717, 1.165) is 26.1 Å². The Morgan fingerprint density at radius 2 is 2.31 bits per heavy atom. The van der Waals surface area contributed by atoms with Gasteiger partial charge in [0.2, 0.25) is 0 Å². The van der Waals surface area contributed by atoms with Crippen molar-refractivity contribution in [2.24, 2.45) is 0 Å². The molecule has 0 aromatic carbocycles. The number of ether oxygens (including phenoxy) is 1. The molecule has 1 atom stereocenters. The third-order valence-corrected chi connectivity index (χ3v) is 2.39. The Hall–Kier alpha value is -1.03. The molecule has 1 rings (SSSR count). The van der Waals surface area contributed by atoms with E-state index in [2.05, 4.69) is 11.9 Å². The lowest BCUT2D eigenvalue weighted by molar-refractivity contribution is 0.0291. The molecule has 0 aliphatic carbocycles. The van der Waals surface area contributed by atoms with Crippen LogP contribution in [0.25, 0.3) is 0 Å². The van der Waals surface area contributed by atoms with Crippen LogP contribution < -0.4 is 5.32 Å². The highest BCUT2D eigenvalue weighted by Gasteiger charge is 2.29. The van der Waals surface area contributed by atoms with Gasteiger partial charge in [0, 0.05) is 25.7 Å². The van der Waals surface area contributed by atoms with Gasteiger partial charge in [0.1, 0.15) is 5.60 Å². The minimum Gasteiger partial charge on any atom is -0.444 e. The lowest BCUT2D eigenvalue weighted by atomic mass is 10.2. The highest BCUT2D eigenvalue weighted by Crippen LogP contribution is 2.15. The van der Waals surface area contributed by atoms with E-state index in [9.17, 15) is 4.79 Å². The number of rotatable bonds is 3. The summed E-state index contributed by atoms with van der Waals surface area (Å²) < 4.78 is 5.31. The molecule has 0 saturated carbocycles. The summed E-state index contributed by atoms with van der Waals surface area (Å²) >= 11 is 0. The van der Waals surface area contributed by atoms with Gasteiger partial charge in [-0.1, -0.05) is 6.08 Å². The van der Waals surface area contributed by atoms with Crippen molar-refractivity contribution in [3.05, 3.63) is 12.7 Å². The molecule has 1 aliphatic rings. The normalized spacial score (nSPS) is 20.9. The Morgan fingerprint density at radius 3 is 2.88 bits per heavy atom. The Morgan fingerprint density at radius 1 is 1.62 bits per heavy atom. The molecule has 0 aromatic heterocycles. The number of carbonyl (C=O) groups excluding carboxylic acids is 1. The SMILES string of the molecule is C=CCNC1CCN(C(=O)OC(C)(C)C)C1. The van der Waals surface area contributed by atoms with Gasteiger partial charge in [0.25, 0.3) is 0 Å². The van der Waals surface area contributed by atoms with Gasteiger partial charge < -0.3 is 15.0 Å². The van der Waals surface area contributed by atoms with Crippen molar-refractivity contribution >= 4 is 6.09 Å². The summed E-state index contributed by atoms with van der Waals surface area (Å²) in [7, 11) is 0. The van der Waals surface area contributed by atoms with Crippen molar-refractivity contribution in [2.45, 2.75) is 38.8 Å². The molecule has 16 heavy (non-hydrogen) atoms. The summed E-state index contributed by atoms with van der Waals surface area (Å²) in [4.78, 5) is 13.5. The van der Waals surface area contributed by atoms with Crippen LogP contribution in [0.5, 0.6) is 0 Å². The Balaban J connectivity index is 2.35. The van der Waals surface area contributed by atoms with E-state index in [1.807, 2.05) is 26.8 Å². The fourth-order valence-corrected chi connectivity index (χ4v) is 1.67. The third kappa shape index (κ3) is 4.23. The zero-order valence-electron chi connectivity index (χ0n) is 10.5. The number of nitrogens with one attached hydrogen (secondary N) is 1. The summed E-state index contributed by atoms with van der Waals surface area (Å²) in [6, 6.07) is 0.366. The van der Waals surface area contributed by atoms with Crippen LogP contribution in [0.3, 0.4) is 0 Å². The number of nitrogens with zero attached hydrogens (tertiary/aromatic N) is 1. The molecule has 1 fully saturated rings. The molecule has 0 aromatic rings. The van der Waals surface area contributed by atoms with Gasteiger partial charge in [-0.3, -0.25) is 0 Å². The predicted molar refractivity (Wildman–Crippen MR) is 64.4 cm³/mol. The first-order valence-corrected chi connectivity index (χ1v) is 5.74. The van der Waals surface area contributed by atoms with Crippen LogP contribution >= 0.6 is 0 Å². The van der Waals surface area contributed by atoms with Crippen LogP contribution in [-0.4, -0.2) is 42.3 Å². The van der Waals surface area contributed by atoms with Gasteiger partial charge in [-0.2, -0.15) is 0 Å². The van der Waals surface area contributed by atoms with E-state index in [1.54, 1.807) is 4.90 Å². The average Bonchev–Trinajstić information content (AvgIpc) is 2.60. The molecule has 0 radical (unpaired) electrons. The van der Waals surface area contributed by atoms with E-state index < -0.39 is 5.60 Å². The van der Waals surface area contributed by atoms with Crippen molar-refractivity contribution in [2.75, 3.05) is 19.6 Å². The second-order valence-electron chi connectivity index (χ2n) is 5.11. The summed E-state index contributed by atoms with van der Waals surface area (Å²) in [5, 5.41) is 3.31. The Kier molecular flexibility index (Phi) is 4.35. The first-order valence-electron chi connectivity index (χ1n) is 5.74. The molecule has 4 nitrogen and oxygen atoms in total. The lowest BCUT2D eigenvalue weighted by Gasteiger charge is -2.24. The van der Waals surface area contributed by atoms with Gasteiger partial charge in [-0.15, -0.1) is 6.58 Å². The van der Waals surface area contributed by atoms with Gasteiger partial charge in [-0.05, 0) is 27.2 Å². The molecule has 1 amide bonds. The molecule has 4 heteroatoms. The maximum atomic E-state index is 11.7. The van der Waals surface area contributed by atoms with Crippen molar-refractivity contribution in [3.63, 3.8) is 0 Å². The van der Waals surface area contributed by atoms with Crippen molar-refractivity contribution in [1.82, 2.24) is 10.2 Å². The van der Waals surface area contributed by atoms with Gasteiger partial charge in [-0.25, -0.2) is 4.79 Å². The fraction of sp³-hybridized carbons (Fsp3) is 0.750. The monoisotopic (exact) mass is 226 g/mol. The summed E-state index contributed by atoms with van der Waals surface area (Å²) in [6.45, 7) is 11.6. The van der Waals surface area contributed by atoms with Crippen molar-refractivity contribution in [3.8, 4) is 0 Å². The van der Waals surface area contributed by atoms with Crippen LogP contribution in [-0.2, 0) is 4.74 Å². The Bertz CT molecular complexity index is 258. The maximum absolute atomic E-state index is 11.7. The van der Waals surface area contributed by atoms with Gasteiger partial charge in [0.05, 0.1) is 0 Å². The van der Waals surface area contributed by atoms with E-state index >= 15 is 0 Å². The largest absolute Gasteiger partial charge is 0.444 e. The predicted octanol–water partition coefficient (Wildman–Crippen LogP) is 1.77. The second-order valence-corrected chi connectivity index (χ2v) is 5.11. The van der Waals surface area contributed by atoms with Crippen LogP contribution in [0.1, 0.15) is 27.2 Å². The average molecular weight is 226 g/mol. The van der Waals surface area contributed by atoms with Crippen molar-refractivity contribution < 1.29 is 9.53 Å². The topological polar surface area (TPSA) is 41.6 Å². The maximum Gasteiger partial charge on any atom is 0.410 e.